The van der Waals surface area contributed by atoms with Crippen LogP contribution in [0.3, 0.4) is 0 Å². The molecule has 0 aromatic rings. The summed E-state index contributed by atoms with van der Waals surface area (Å²) < 4.78 is 20.4. The fraction of sp³-hybridized carbons (Fsp3) is 0.733. The fourth-order valence-corrected chi connectivity index (χ4v) is 3.81. The van der Waals surface area contributed by atoms with Crippen LogP contribution >= 0.6 is 11.8 Å². The summed E-state index contributed by atoms with van der Waals surface area (Å²) in [5.74, 6) is -2.43. The Bertz CT molecular complexity index is 430. The molecule has 126 valence electrons. The van der Waals surface area contributed by atoms with Gasteiger partial charge in [0.15, 0.2) is 0 Å². The summed E-state index contributed by atoms with van der Waals surface area (Å²) in [6.07, 6.45) is 3.11. The van der Waals surface area contributed by atoms with E-state index in [1.807, 2.05) is 6.08 Å². The van der Waals surface area contributed by atoms with Crippen LogP contribution < -0.4 is 0 Å². The van der Waals surface area contributed by atoms with Crippen molar-refractivity contribution in [2.45, 2.75) is 30.8 Å². The van der Waals surface area contributed by atoms with E-state index in [4.69, 9.17) is 18.9 Å². The molecule has 1 rings (SSSR count). The third kappa shape index (κ3) is 3.64. The molecular formula is C15H24O6S. The molecule has 22 heavy (non-hydrogen) atoms. The van der Waals surface area contributed by atoms with E-state index in [2.05, 4.69) is 6.92 Å². The van der Waals surface area contributed by atoms with Gasteiger partial charge in [-0.15, -0.1) is 0 Å². The van der Waals surface area contributed by atoms with E-state index in [9.17, 15) is 9.59 Å². The smallest absolute Gasteiger partial charge is 0.367 e. The van der Waals surface area contributed by atoms with Gasteiger partial charge in [0.25, 0.3) is 5.79 Å². The average molecular weight is 332 g/mol. The summed E-state index contributed by atoms with van der Waals surface area (Å²) in [6.45, 7) is 2.07. The predicted molar refractivity (Wildman–Crippen MR) is 83.5 cm³/mol. The highest BCUT2D eigenvalue weighted by Crippen LogP contribution is 2.41. The van der Waals surface area contributed by atoms with E-state index in [-0.39, 0.29) is 5.25 Å². The predicted octanol–water partition coefficient (Wildman–Crippen LogP) is 1.78. The van der Waals surface area contributed by atoms with E-state index in [1.165, 1.54) is 28.4 Å². The van der Waals surface area contributed by atoms with Crippen LogP contribution in [0.15, 0.2) is 11.6 Å². The van der Waals surface area contributed by atoms with Crippen molar-refractivity contribution >= 4 is 23.7 Å². The van der Waals surface area contributed by atoms with E-state index in [1.54, 1.807) is 11.8 Å². The van der Waals surface area contributed by atoms with Crippen molar-refractivity contribution in [1.29, 1.82) is 0 Å². The molecule has 0 heterocycles. The Labute approximate surface area is 135 Å². The molecule has 1 aliphatic carbocycles. The van der Waals surface area contributed by atoms with Gasteiger partial charge in [-0.25, -0.2) is 9.59 Å². The van der Waals surface area contributed by atoms with Crippen molar-refractivity contribution in [2.24, 2.45) is 5.92 Å². The van der Waals surface area contributed by atoms with Crippen LogP contribution in [-0.4, -0.2) is 57.2 Å². The van der Waals surface area contributed by atoms with Crippen molar-refractivity contribution < 1.29 is 28.5 Å². The van der Waals surface area contributed by atoms with E-state index in [0.29, 0.717) is 12.0 Å². The lowest BCUT2D eigenvalue weighted by atomic mass is 9.80. The molecule has 2 atom stereocenters. The molecular weight excluding hydrogens is 308 g/mol. The van der Waals surface area contributed by atoms with Crippen LogP contribution in [0.4, 0.5) is 0 Å². The molecule has 0 aliphatic heterocycles. The summed E-state index contributed by atoms with van der Waals surface area (Å²) in [5, 5.41) is 0.276. The van der Waals surface area contributed by atoms with Gasteiger partial charge in [0.1, 0.15) is 0 Å². The molecule has 0 aromatic heterocycles. The molecule has 7 heteroatoms. The molecule has 0 fully saturated rings. The Morgan fingerprint density at radius 1 is 1.23 bits per heavy atom. The van der Waals surface area contributed by atoms with Crippen molar-refractivity contribution in [2.75, 3.05) is 34.2 Å². The van der Waals surface area contributed by atoms with Gasteiger partial charge in [0.2, 0.25) is 0 Å². The second-order valence-electron chi connectivity index (χ2n) is 4.82. The Morgan fingerprint density at radius 3 is 2.32 bits per heavy atom. The molecule has 1 aliphatic rings. The standard InChI is InChI=1S/C15H24O6S/c1-6-22-10-7-8-11(13(16)18-2)12(9-10)15(20-4,21-5)14(17)19-3/h8,10,12H,6-7,9H2,1-5H3/t10-,12+/m1/s1. The summed E-state index contributed by atoms with van der Waals surface area (Å²) in [4.78, 5) is 24.3. The number of rotatable bonds is 7. The lowest BCUT2D eigenvalue weighted by molar-refractivity contribution is -0.245. The van der Waals surface area contributed by atoms with Gasteiger partial charge in [-0.3, -0.25) is 0 Å². The molecule has 0 amide bonds. The molecule has 0 bridgehead atoms. The van der Waals surface area contributed by atoms with Crippen molar-refractivity contribution in [3.63, 3.8) is 0 Å². The monoisotopic (exact) mass is 332 g/mol. The molecule has 0 unspecified atom stereocenters. The number of thioether (sulfide) groups is 1. The first-order chi connectivity index (χ1) is 10.5. The zero-order valence-electron chi connectivity index (χ0n) is 13.7. The number of methoxy groups -OCH3 is 4. The minimum Gasteiger partial charge on any atom is -0.466 e. The fourth-order valence-electron chi connectivity index (χ4n) is 2.78. The topological polar surface area (TPSA) is 71.1 Å². The average Bonchev–Trinajstić information content (AvgIpc) is 2.56. The van der Waals surface area contributed by atoms with Crippen LogP contribution in [0.5, 0.6) is 0 Å². The van der Waals surface area contributed by atoms with E-state index >= 15 is 0 Å². The maximum atomic E-state index is 12.3. The lowest BCUT2D eigenvalue weighted by Crippen LogP contribution is -2.53. The molecule has 0 N–H and O–H groups in total. The quantitative estimate of drug-likeness (QED) is 0.520. The highest BCUT2D eigenvalue weighted by Gasteiger charge is 2.53. The third-order valence-corrected chi connectivity index (χ3v) is 5.02. The lowest BCUT2D eigenvalue weighted by Gasteiger charge is -2.39. The van der Waals surface area contributed by atoms with Crippen LogP contribution in [0.2, 0.25) is 0 Å². The second kappa shape index (κ2) is 8.55. The minimum atomic E-state index is -1.65. The van der Waals surface area contributed by atoms with Gasteiger partial charge >= 0.3 is 11.9 Å². The van der Waals surface area contributed by atoms with Crippen LogP contribution in [-0.2, 0) is 28.5 Å². The summed E-state index contributed by atoms with van der Waals surface area (Å²) in [5.41, 5.74) is 0.393. The van der Waals surface area contributed by atoms with Crippen molar-refractivity contribution in [1.82, 2.24) is 0 Å². The van der Waals surface area contributed by atoms with E-state index < -0.39 is 23.6 Å². The van der Waals surface area contributed by atoms with Crippen LogP contribution in [0.1, 0.15) is 19.8 Å². The number of hydrogen-bond acceptors (Lipinski definition) is 7. The zero-order chi connectivity index (χ0) is 16.8. The Hall–Kier alpha value is -1.05. The minimum absolute atomic E-state index is 0.276. The van der Waals surface area contributed by atoms with Gasteiger partial charge in [-0.1, -0.05) is 13.0 Å². The van der Waals surface area contributed by atoms with Gasteiger partial charge < -0.3 is 18.9 Å². The maximum Gasteiger partial charge on any atom is 0.367 e. The SMILES string of the molecule is CCS[C@@H]1CC=C(C(=O)OC)[C@@H](C(OC)(OC)C(=O)OC)C1. The van der Waals surface area contributed by atoms with Gasteiger partial charge in [0.05, 0.1) is 20.1 Å². The molecule has 0 saturated heterocycles. The molecule has 0 spiro atoms. The number of hydrogen-bond donors (Lipinski definition) is 0. The highest BCUT2D eigenvalue weighted by atomic mass is 32.2. The van der Waals surface area contributed by atoms with Gasteiger partial charge in [0, 0.05) is 25.0 Å². The number of allylic oxidation sites excluding steroid dienone is 1. The second-order valence-corrected chi connectivity index (χ2v) is 6.40. The van der Waals surface area contributed by atoms with Crippen LogP contribution in [0.25, 0.3) is 0 Å². The van der Waals surface area contributed by atoms with E-state index in [0.717, 1.165) is 12.2 Å². The Kier molecular flexibility index (Phi) is 7.38. The maximum absolute atomic E-state index is 12.3. The number of carbonyl (C=O) groups is 2. The van der Waals surface area contributed by atoms with Gasteiger partial charge in [-0.05, 0) is 18.6 Å². The van der Waals surface area contributed by atoms with Gasteiger partial charge in [-0.2, -0.15) is 11.8 Å². The molecule has 0 radical (unpaired) electrons. The van der Waals surface area contributed by atoms with Crippen LogP contribution in [0, 0.1) is 5.92 Å². The number of esters is 2. The van der Waals surface area contributed by atoms with Crippen molar-refractivity contribution in [3.8, 4) is 0 Å². The molecule has 0 aromatic carbocycles. The zero-order valence-corrected chi connectivity index (χ0v) is 14.5. The summed E-state index contributed by atoms with van der Waals surface area (Å²) in [6, 6.07) is 0. The first-order valence-corrected chi connectivity index (χ1v) is 8.14. The third-order valence-electron chi connectivity index (χ3n) is 3.83. The molecule has 0 saturated carbocycles. The highest BCUT2D eigenvalue weighted by molar-refractivity contribution is 7.99. The summed E-state index contributed by atoms with van der Waals surface area (Å²) >= 11 is 1.77. The molecule has 6 nitrogen and oxygen atoms in total. The Balaban J connectivity index is 3.26. The normalized spacial score (nSPS) is 22.0. The number of ether oxygens (including phenoxy) is 4. The first kappa shape index (κ1) is 19.0. The summed E-state index contributed by atoms with van der Waals surface area (Å²) in [7, 11) is 5.31. The first-order valence-electron chi connectivity index (χ1n) is 7.09. The Morgan fingerprint density at radius 2 is 1.86 bits per heavy atom. The largest absolute Gasteiger partial charge is 0.466 e. The number of carbonyl (C=O) groups excluding carboxylic acids is 2. The van der Waals surface area contributed by atoms with Crippen molar-refractivity contribution in [3.05, 3.63) is 11.6 Å².